The fourth-order valence-corrected chi connectivity index (χ4v) is 1.93. The molecule has 3 N–H and O–H groups in total. The molecule has 1 aromatic carbocycles. The molecule has 0 aliphatic heterocycles. The number of rotatable bonds is 4. The van der Waals surface area contributed by atoms with Crippen molar-refractivity contribution in [2.45, 2.75) is 19.9 Å². The summed E-state index contributed by atoms with van der Waals surface area (Å²) in [5.74, 6) is 0.0457. The normalized spacial score (nSPS) is 12.9. The molecule has 0 fully saturated rings. The molecule has 1 heterocycles. The third-order valence-electron chi connectivity index (χ3n) is 3.15. The van der Waals surface area contributed by atoms with Gasteiger partial charge in [-0.3, -0.25) is 4.79 Å². The van der Waals surface area contributed by atoms with E-state index in [1.165, 1.54) is 0 Å². The van der Waals surface area contributed by atoms with E-state index in [1.54, 1.807) is 6.20 Å². The van der Waals surface area contributed by atoms with Crippen LogP contribution in [0.2, 0.25) is 0 Å². The van der Waals surface area contributed by atoms with Crippen LogP contribution < -0.4 is 5.32 Å². The van der Waals surface area contributed by atoms with E-state index in [4.69, 9.17) is 0 Å². The van der Waals surface area contributed by atoms with Gasteiger partial charge in [-0.25, -0.2) is 0 Å². The largest absolute Gasteiger partial charge is 0.394 e. The molecule has 0 aliphatic rings. The number of benzene rings is 1. The molecule has 4 nitrogen and oxygen atoms in total. The molecule has 1 atom stereocenters. The minimum atomic E-state index is -0.217. The average molecular weight is 246 g/mol. The molecule has 1 amide bonds. The second kappa shape index (κ2) is 5.23. The number of hydrogen-bond acceptors (Lipinski definition) is 2. The standard InChI is InChI=1S/C14H18N2O2/c1-9(2)13(8-17)16-14(18)11-7-15-12-6-4-3-5-10(11)12/h3-7,9,13,15,17H,8H2,1-2H3,(H,16,18). The Morgan fingerprint density at radius 1 is 1.39 bits per heavy atom. The third kappa shape index (κ3) is 2.38. The number of aromatic nitrogens is 1. The molecule has 4 heteroatoms. The lowest BCUT2D eigenvalue weighted by molar-refractivity contribution is 0.0898. The molecule has 1 unspecified atom stereocenters. The molecule has 0 spiro atoms. The van der Waals surface area contributed by atoms with Gasteiger partial charge < -0.3 is 15.4 Å². The van der Waals surface area contributed by atoms with E-state index in [-0.39, 0.29) is 24.5 Å². The van der Waals surface area contributed by atoms with Gasteiger partial charge in [-0.1, -0.05) is 32.0 Å². The number of nitrogens with one attached hydrogen (secondary N) is 2. The van der Waals surface area contributed by atoms with E-state index in [0.717, 1.165) is 10.9 Å². The van der Waals surface area contributed by atoms with Gasteiger partial charge in [0, 0.05) is 17.1 Å². The van der Waals surface area contributed by atoms with Gasteiger partial charge in [0.15, 0.2) is 0 Å². The number of para-hydroxylation sites is 1. The third-order valence-corrected chi connectivity index (χ3v) is 3.15. The highest BCUT2D eigenvalue weighted by Gasteiger charge is 2.18. The topological polar surface area (TPSA) is 65.1 Å². The smallest absolute Gasteiger partial charge is 0.253 e. The van der Waals surface area contributed by atoms with Crippen LogP contribution in [0.25, 0.3) is 10.9 Å². The summed E-state index contributed by atoms with van der Waals surface area (Å²) < 4.78 is 0. The first kappa shape index (κ1) is 12.6. The minimum absolute atomic E-state index is 0.0498. The maximum absolute atomic E-state index is 12.2. The maximum Gasteiger partial charge on any atom is 0.253 e. The first-order chi connectivity index (χ1) is 8.63. The molecule has 0 bridgehead atoms. The number of amides is 1. The Morgan fingerprint density at radius 3 is 2.78 bits per heavy atom. The zero-order valence-corrected chi connectivity index (χ0v) is 10.6. The predicted octanol–water partition coefficient (Wildman–Crippen LogP) is 1.91. The highest BCUT2D eigenvalue weighted by Crippen LogP contribution is 2.17. The zero-order valence-electron chi connectivity index (χ0n) is 10.6. The van der Waals surface area contributed by atoms with Gasteiger partial charge in [-0.15, -0.1) is 0 Å². The fourth-order valence-electron chi connectivity index (χ4n) is 1.93. The van der Waals surface area contributed by atoms with Gasteiger partial charge >= 0.3 is 0 Å². The molecule has 2 aromatic rings. The Hall–Kier alpha value is -1.81. The van der Waals surface area contributed by atoms with Crippen LogP contribution in [0, 0.1) is 5.92 Å². The predicted molar refractivity (Wildman–Crippen MR) is 71.5 cm³/mol. The monoisotopic (exact) mass is 246 g/mol. The molecule has 96 valence electrons. The highest BCUT2D eigenvalue weighted by atomic mass is 16.3. The highest BCUT2D eigenvalue weighted by molar-refractivity contribution is 6.06. The van der Waals surface area contributed by atoms with Crippen molar-refractivity contribution < 1.29 is 9.90 Å². The number of carbonyl (C=O) groups is 1. The lowest BCUT2D eigenvalue weighted by Gasteiger charge is -2.19. The zero-order chi connectivity index (χ0) is 13.1. The van der Waals surface area contributed by atoms with Crippen LogP contribution in [0.5, 0.6) is 0 Å². The maximum atomic E-state index is 12.2. The van der Waals surface area contributed by atoms with Gasteiger partial charge in [-0.05, 0) is 12.0 Å². The first-order valence-corrected chi connectivity index (χ1v) is 6.11. The number of aliphatic hydroxyl groups is 1. The van der Waals surface area contributed by atoms with Crippen molar-refractivity contribution in [3.63, 3.8) is 0 Å². The van der Waals surface area contributed by atoms with Crippen LogP contribution in [-0.4, -0.2) is 28.6 Å². The van der Waals surface area contributed by atoms with Crippen LogP contribution in [0.15, 0.2) is 30.5 Å². The Labute approximate surface area is 106 Å². The summed E-state index contributed by atoms with van der Waals surface area (Å²) in [6, 6.07) is 7.44. The van der Waals surface area contributed by atoms with Gasteiger partial charge in [0.2, 0.25) is 0 Å². The van der Waals surface area contributed by atoms with Crippen molar-refractivity contribution in [2.75, 3.05) is 6.61 Å². The molecule has 0 aliphatic carbocycles. The summed E-state index contributed by atoms with van der Waals surface area (Å²) in [5.41, 5.74) is 1.55. The van der Waals surface area contributed by atoms with Crippen LogP contribution in [0.4, 0.5) is 0 Å². The van der Waals surface area contributed by atoms with Crippen molar-refractivity contribution in [1.29, 1.82) is 0 Å². The van der Waals surface area contributed by atoms with E-state index in [1.807, 2.05) is 38.1 Å². The number of fused-ring (bicyclic) bond motifs is 1. The average Bonchev–Trinajstić information content (AvgIpc) is 2.79. The Morgan fingerprint density at radius 2 is 2.11 bits per heavy atom. The Kier molecular flexibility index (Phi) is 3.67. The molecule has 2 rings (SSSR count). The molecule has 0 saturated heterocycles. The van der Waals surface area contributed by atoms with Crippen LogP contribution in [0.3, 0.4) is 0 Å². The summed E-state index contributed by atoms with van der Waals surface area (Å²) in [4.78, 5) is 15.2. The molecule has 0 radical (unpaired) electrons. The number of aliphatic hydroxyl groups excluding tert-OH is 1. The summed E-state index contributed by atoms with van der Waals surface area (Å²) in [6.45, 7) is 3.89. The van der Waals surface area contributed by atoms with E-state index in [2.05, 4.69) is 10.3 Å². The summed E-state index contributed by atoms with van der Waals surface area (Å²) in [5, 5.41) is 13.0. The quantitative estimate of drug-likeness (QED) is 0.771. The number of hydrogen-bond donors (Lipinski definition) is 3. The molecule has 1 aromatic heterocycles. The fraction of sp³-hybridized carbons (Fsp3) is 0.357. The second-order valence-corrected chi connectivity index (χ2v) is 4.75. The summed E-state index contributed by atoms with van der Waals surface area (Å²) in [6.07, 6.45) is 1.70. The molecular weight excluding hydrogens is 228 g/mol. The van der Waals surface area contributed by atoms with Gasteiger partial charge in [0.25, 0.3) is 5.91 Å². The van der Waals surface area contributed by atoms with E-state index in [9.17, 15) is 9.90 Å². The lowest BCUT2D eigenvalue weighted by atomic mass is 10.0. The number of carbonyl (C=O) groups excluding carboxylic acids is 1. The van der Waals surface area contributed by atoms with Crippen molar-refractivity contribution in [1.82, 2.24) is 10.3 Å². The Bertz CT molecular complexity index is 545. The Balaban J connectivity index is 2.23. The van der Waals surface area contributed by atoms with Crippen molar-refractivity contribution in [2.24, 2.45) is 5.92 Å². The summed E-state index contributed by atoms with van der Waals surface area (Å²) >= 11 is 0. The first-order valence-electron chi connectivity index (χ1n) is 6.11. The molecule has 0 saturated carbocycles. The van der Waals surface area contributed by atoms with Crippen molar-refractivity contribution >= 4 is 16.8 Å². The van der Waals surface area contributed by atoms with Crippen molar-refractivity contribution in [3.8, 4) is 0 Å². The van der Waals surface area contributed by atoms with Crippen LogP contribution >= 0.6 is 0 Å². The van der Waals surface area contributed by atoms with Gasteiger partial charge in [0.05, 0.1) is 18.2 Å². The molecule has 18 heavy (non-hydrogen) atoms. The number of H-pyrrole nitrogens is 1. The molecular formula is C14H18N2O2. The number of aromatic amines is 1. The second-order valence-electron chi connectivity index (χ2n) is 4.75. The minimum Gasteiger partial charge on any atom is -0.394 e. The lowest BCUT2D eigenvalue weighted by Crippen LogP contribution is -2.41. The van der Waals surface area contributed by atoms with Crippen LogP contribution in [0.1, 0.15) is 24.2 Å². The SMILES string of the molecule is CC(C)C(CO)NC(=O)c1c[nH]c2ccccc12. The van der Waals surface area contributed by atoms with E-state index >= 15 is 0 Å². The van der Waals surface area contributed by atoms with Gasteiger partial charge in [0.1, 0.15) is 0 Å². The van der Waals surface area contributed by atoms with Crippen molar-refractivity contribution in [3.05, 3.63) is 36.0 Å². The van der Waals surface area contributed by atoms with E-state index in [0.29, 0.717) is 5.56 Å². The van der Waals surface area contributed by atoms with Crippen LogP contribution in [-0.2, 0) is 0 Å². The van der Waals surface area contributed by atoms with Gasteiger partial charge in [-0.2, -0.15) is 0 Å². The summed E-state index contributed by atoms with van der Waals surface area (Å²) in [7, 11) is 0. The van der Waals surface area contributed by atoms with E-state index < -0.39 is 0 Å².